The fourth-order valence-corrected chi connectivity index (χ4v) is 1.93. The molecule has 92 valence electrons. The molecule has 1 saturated heterocycles. The van der Waals surface area contributed by atoms with Gasteiger partial charge in [-0.15, -0.1) is 0 Å². The van der Waals surface area contributed by atoms with E-state index >= 15 is 0 Å². The highest BCUT2D eigenvalue weighted by Crippen LogP contribution is 2.18. The van der Waals surface area contributed by atoms with Crippen molar-refractivity contribution in [1.82, 2.24) is 4.90 Å². The van der Waals surface area contributed by atoms with Crippen LogP contribution in [0.25, 0.3) is 0 Å². The van der Waals surface area contributed by atoms with Crippen LogP contribution < -0.4 is 0 Å². The van der Waals surface area contributed by atoms with Crippen molar-refractivity contribution in [1.29, 1.82) is 0 Å². The van der Waals surface area contributed by atoms with E-state index in [1.54, 1.807) is 17.0 Å². The van der Waals surface area contributed by atoms with Crippen molar-refractivity contribution in [3.63, 3.8) is 0 Å². The molecule has 0 spiro atoms. The van der Waals surface area contributed by atoms with E-state index in [2.05, 4.69) is 0 Å². The normalized spacial score (nSPS) is 19.7. The van der Waals surface area contributed by atoms with Gasteiger partial charge in [-0.2, -0.15) is 0 Å². The van der Waals surface area contributed by atoms with Crippen LogP contribution in [0.15, 0.2) is 22.8 Å². The minimum atomic E-state index is -0.475. The summed E-state index contributed by atoms with van der Waals surface area (Å²) in [4.78, 5) is 24.7. The van der Waals surface area contributed by atoms with Gasteiger partial charge in [-0.05, 0) is 19.1 Å². The summed E-state index contributed by atoms with van der Waals surface area (Å²) in [5.74, 6) is -0.0491. The Morgan fingerprint density at radius 1 is 1.65 bits per heavy atom. The largest absolute Gasteiger partial charge is 0.459 e. The quantitative estimate of drug-likeness (QED) is 0.741. The van der Waals surface area contributed by atoms with Crippen LogP contribution in [0.4, 0.5) is 0 Å². The van der Waals surface area contributed by atoms with Crippen molar-refractivity contribution in [2.24, 2.45) is 5.92 Å². The molecular weight excluding hydrogens is 222 g/mol. The van der Waals surface area contributed by atoms with Gasteiger partial charge in [0, 0.05) is 25.4 Å². The van der Waals surface area contributed by atoms with E-state index in [4.69, 9.17) is 9.15 Å². The molecule has 0 aliphatic carbocycles. The first-order valence-corrected chi connectivity index (χ1v) is 5.69. The molecule has 1 amide bonds. The number of ether oxygens (including phenoxy) is 1. The maximum absolute atomic E-state index is 11.5. The van der Waals surface area contributed by atoms with Crippen LogP contribution >= 0.6 is 0 Å². The summed E-state index contributed by atoms with van der Waals surface area (Å²) in [5, 5.41) is 0. The first kappa shape index (κ1) is 11.7. The van der Waals surface area contributed by atoms with Gasteiger partial charge < -0.3 is 14.1 Å². The van der Waals surface area contributed by atoms with E-state index in [1.807, 2.05) is 6.92 Å². The van der Waals surface area contributed by atoms with E-state index in [0.29, 0.717) is 19.5 Å². The Balaban J connectivity index is 1.80. The second-order valence-corrected chi connectivity index (χ2v) is 4.08. The average Bonchev–Trinajstić information content (AvgIpc) is 2.95. The lowest BCUT2D eigenvalue weighted by Gasteiger charge is -2.13. The lowest BCUT2D eigenvalue weighted by Crippen LogP contribution is -2.25. The molecule has 1 atom stereocenters. The molecular formula is C12H15NO4. The summed E-state index contributed by atoms with van der Waals surface area (Å²) in [6, 6.07) is 3.19. The molecule has 5 heteroatoms. The second-order valence-electron chi connectivity index (χ2n) is 4.08. The Morgan fingerprint density at radius 3 is 3.06 bits per heavy atom. The molecule has 0 saturated carbocycles. The molecule has 0 aromatic carbocycles. The third kappa shape index (κ3) is 2.67. The number of rotatable bonds is 4. The summed E-state index contributed by atoms with van der Waals surface area (Å²) in [5.41, 5.74) is 0. The Kier molecular flexibility index (Phi) is 3.46. The number of furan rings is 1. The molecule has 1 aromatic rings. The Hall–Kier alpha value is -1.78. The monoisotopic (exact) mass is 237 g/mol. The summed E-state index contributed by atoms with van der Waals surface area (Å²) in [7, 11) is 0. The molecule has 5 nitrogen and oxygen atoms in total. The predicted octanol–water partition coefficient (Wildman–Crippen LogP) is 1.30. The predicted molar refractivity (Wildman–Crippen MR) is 59.4 cm³/mol. The van der Waals surface area contributed by atoms with Gasteiger partial charge >= 0.3 is 5.97 Å². The third-order valence-electron chi connectivity index (χ3n) is 2.85. The topological polar surface area (TPSA) is 59.8 Å². The zero-order chi connectivity index (χ0) is 12.3. The van der Waals surface area contributed by atoms with E-state index < -0.39 is 5.97 Å². The maximum atomic E-state index is 11.5. The van der Waals surface area contributed by atoms with Crippen molar-refractivity contribution >= 4 is 11.9 Å². The average molecular weight is 237 g/mol. The minimum absolute atomic E-state index is 0.0985. The molecule has 0 bridgehead atoms. The highest BCUT2D eigenvalue weighted by Gasteiger charge is 2.29. The first-order chi connectivity index (χ1) is 8.20. The van der Waals surface area contributed by atoms with E-state index in [1.165, 1.54) is 6.26 Å². The SMILES string of the molecule is CCN1C[C@H](COC(=O)c2ccco2)CC1=O. The maximum Gasteiger partial charge on any atom is 0.374 e. The van der Waals surface area contributed by atoms with E-state index in [9.17, 15) is 9.59 Å². The summed E-state index contributed by atoms with van der Waals surface area (Å²) < 4.78 is 10.0. The lowest BCUT2D eigenvalue weighted by atomic mass is 10.1. The molecule has 2 rings (SSSR count). The number of amides is 1. The minimum Gasteiger partial charge on any atom is -0.459 e. The Bertz CT molecular complexity index is 399. The molecule has 1 fully saturated rings. The van der Waals surface area contributed by atoms with Gasteiger partial charge in [-0.25, -0.2) is 4.79 Å². The first-order valence-electron chi connectivity index (χ1n) is 5.69. The van der Waals surface area contributed by atoms with Gasteiger partial charge in [-0.1, -0.05) is 0 Å². The number of hydrogen-bond acceptors (Lipinski definition) is 4. The van der Waals surface area contributed by atoms with Crippen LogP contribution in [0.5, 0.6) is 0 Å². The fourth-order valence-electron chi connectivity index (χ4n) is 1.93. The van der Waals surface area contributed by atoms with Gasteiger partial charge in [0.25, 0.3) is 0 Å². The van der Waals surface area contributed by atoms with Gasteiger partial charge in [0.05, 0.1) is 12.9 Å². The summed E-state index contributed by atoms with van der Waals surface area (Å²) >= 11 is 0. The molecule has 0 unspecified atom stereocenters. The zero-order valence-electron chi connectivity index (χ0n) is 9.72. The smallest absolute Gasteiger partial charge is 0.374 e. The second kappa shape index (κ2) is 5.03. The molecule has 1 aromatic heterocycles. The lowest BCUT2D eigenvalue weighted by molar-refractivity contribution is -0.127. The van der Waals surface area contributed by atoms with Gasteiger partial charge in [-0.3, -0.25) is 4.79 Å². The van der Waals surface area contributed by atoms with Crippen LogP contribution in [0.3, 0.4) is 0 Å². The van der Waals surface area contributed by atoms with Gasteiger partial charge in [0.15, 0.2) is 0 Å². The molecule has 1 aliphatic rings. The summed E-state index contributed by atoms with van der Waals surface area (Å²) in [6.07, 6.45) is 1.88. The third-order valence-corrected chi connectivity index (χ3v) is 2.85. The Labute approximate surface area is 99.3 Å². The van der Waals surface area contributed by atoms with Crippen molar-refractivity contribution < 1.29 is 18.7 Å². The van der Waals surface area contributed by atoms with Crippen LogP contribution in [0.1, 0.15) is 23.9 Å². The number of carbonyl (C=O) groups is 2. The van der Waals surface area contributed by atoms with Crippen molar-refractivity contribution in [3.05, 3.63) is 24.2 Å². The number of likely N-dealkylation sites (tertiary alicyclic amines) is 1. The zero-order valence-corrected chi connectivity index (χ0v) is 9.72. The molecule has 0 N–H and O–H groups in total. The van der Waals surface area contributed by atoms with Gasteiger partial charge in [0.2, 0.25) is 11.7 Å². The summed E-state index contributed by atoms with van der Waals surface area (Å²) in [6.45, 7) is 3.58. The van der Waals surface area contributed by atoms with E-state index in [0.717, 1.165) is 0 Å². The molecule has 17 heavy (non-hydrogen) atoms. The number of hydrogen-bond donors (Lipinski definition) is 0. The van der Waals surface area contributed by atoms with Crippen molar-refractivity contribution in [2.75, 3.05) is 19.7 Å². The molecule has 2 heterocycles. The van der Waals surface area contributed by atoms with E-state index in [-0.39, 0.29) is 24.2 Å². The van der Waals surface area contributed by atoms with Crippen molar-refractivity contribution in [3.8, 4) is 0 Å². The van der Waals surface area contributed by atoms with Crippen LogP contribution in [0.2, 0.25) is 0 Å². The van der Waals surface area contributed by atoms with Crippen molar-refractivity contribution in [2.45, 2.75) is 13.3 Å². The highest BCUT2D eigenvalue weighted by molar-refractivity contribution is 5.86. The standard InChI is InChI=1S/C12H15NO4/c1-2-13-7-9(6-11(13)14)8-17-12(15)10-4-3-5-16-10/h3-5,9H,2,6-8H2,1H3/t9-/m1/s1. The van der Waals surface area contributed by atoms with Crippen LogP contribution in [-0.2, 0) is 9.53 Å². The Morgan fingerprint density at radius 2 is 2.47 bits per heavy atom. The number of nitrogens with zero attached hydrogens (tertiary/aromatic N) is 1. The van der Waals surface area contributed by atoms with Crippen LogP contribution in [-0.4, -0.2) is 36.5 Å². The molecule has 1 aliphatic heterocycles. The van der Waals surface area contributed by atoms with Crippen LogP contribution in [0, 0.1) is 5.92 Å². The number of carbonyl (C=O) groups excluding carboxylic acids is 2. The fraction of sp³-hybridized carbons (Fsp3) is 0.500. The number of esters is 1. The van der Waals surface area contributed by atoms with Gasteiger partial charge in [0.1, 0.15) is 0 Å². The highest BCUT2D eigenvalue weighted by atomic mass is 16.5. The molecule has 0 radical (unpaired) electrons.